The number of ether oxygens (including phenoxy) is 2. The zero-order valence-corrected chi connectivity index (χ0v) is 14.1. The van der Waals surface area contributed by atoms with Crippen LogP contribution in [0.25, 0.3) is 0 Å². The fourth-order valence-electron chi connectivity index (χ4n) is 2.11. The van der Waals surface area contributed by atoms with Crippen LogP contribution in [0, 0.1) is 6.92 Å². The first-order valence-corrected chi connectivity index (χ1v) is 7.82. The summed E-state index contributed by atoms with van der Waals surface area (Å²) in [4.78, 5) is 4.24. The minimum Gasteiger partial charge on any atom is -0.490 e. The maximum atomic E-state index is 12.4. The van der Waals surface area contributed by atoms with Crippen LogP contribution in [-0.4, -0.2) is 19.2 Å². The monoisotopic (exact) mass is 349 g/mol. The molecule has 0 saturated heterocycles. The molecule has 134 valence electrons. The van der Waals surface area contributed by atoms with Gasteiger partial charge in [-0.15, -0.1) is 0 Å². The summed E-state index contributed by atoms with van der Waals surface area (Å²) in [5.74, 6) is 0.505. The van der Waals surface area contributed by atoms with E-state index in [9.17, 15) is 8.78 Å². The van der Waals surface area contributed by atoms with E-state index in [1.54, 1.807) is 19.1 Å². The molecule has 3 N–H and O–H groups in total. The summed E-state index contributed by atoms with van der Waals surface area (Å²) in [6, 6.07) is 12.4. The molecule has 0 unspecified atom stereocenters. The van der Waals surface area contributed by atoms with Crippen molar-refractivity contribution in [2.24, 2.45) is 10.7 Å². The molecule has 0 fully saturated rings. The minimum absolute atomic E-state index is 0.00432. The van der Waals surface area contributed by atoms with E-state index in [4.69, 9.17) is 10.5 Å². The van der Waals surface area contributed by atoms with Crippen molar-refractivity contribution < 1.29 is 18.3 Å². The molecular formula is C18H21F2N3O2. The average molecular weight is 349 g/mol. The Kier molecular flexibility index (Phi) is 6.56. The molecule has 0 saturated carbocycles. The van der Waals surface area contributed by atoms with E-state index in [1.165, 1.54) is 6.07 Å². The molecule has 2 aromatic carbocycles. The van der Waals surface area contributed by atoms with Crippen LogP contribution in [0.15, 0.2) is 47.5 Å². The molecule has 0 aliphatic heterocycles. The Morgan fingerprint density at radius 2 is 1.88 bits per heavy atom. The zero-order valence-electron chi connectivity index (χ0n) is 14.1. The van der Waals surface area contributed by atoms with Crippen molar-refractivity contribution in [3.05, 3.63) is 53.6 Å². The van der Waals surface area contributed by atoms with Gasteiger partial charge in [-0.2, -0.15) is 8.78 Å². The molecule has 0 atom stereocenters. The zero-order chi connectivity index (χ0) is 18.2. The number of benzene rings is 2. The van der Waals surface area contributed by atoms with E-state index in [0.717, 1.165) is 16.8 Å². The summed E-state index contributed by atoms with van der Waals surface area (Å²) in [6.45, 7) is 1.47. The number of hydrogen-bond donors (Lipinski definition) is 2. The van der Waals surface area contributed by atoms with Crippen LogP contribution in [0.4, 0.5) is 14.5 Å². The molecule has 0 aromatic heterocycles. The normalized spacial score (nSPS) is 11.5. The average Bonchev–Trinajstić information content (AvgIpc) is 2.57. The summed E-state index contributed by atoms with van der Waals surface area (Å²) < 4.78 is 34.6. The van der Waals surface area contributed by atoms with Crippen molar-refractivity contribution in [3.8, 4) is 11.5 Å². The van der Waals surface area contributed by atoms with E-state index in [1.807, 2.05) is 31.2 Å². The van der Waals surface area contributed by atoms with Crippen LogP contribution in [0.1, 0.15) is 18.1 Å². The lowest BCUT2D eigenvalue weighted by atomic mass is 10.2. The lowest BCUT2D eigenvalue weighted by Gasteiger charge is -2.12. The maximum absolute atomic E-state index is 12.4. The van der Waals surface area contributed by atoms with E-state index < -0.39 is 6.61 Å². The van der Waals surface area contributed by atoms with Gasteiger partial charge in [-0.1, -0.05) is 23.8 Å². The maximum Gasteiger partial charge on any atom is 0.387 e. The number of guanidine groups is 1. The molecule has 0 heterocycles. The molecule has 0 aliphatic carbocycles. The number of nitrogens with one attached hydrogen (secondary N) is 1. The van der Waals surface area contributed by atoms with Gasteiger partial charge in [-0.05, 0) is 43.7 Å². The molecule has 0 amide bonds. The molecule has 5 nitrogen and oxygen atoms in total. The number of aliphatic imine (C=N–C) groups is 1. The van der Waals surface area contributed by atoms with Gasteiger partial charge in [-0.3, -0.25) is 0 Å². The first-order chi connectivity index (χ1) is 12.0. The van der Waals surface area contributed by atoms with E-state index in [-0.39, 0.29) is 24.0 Å². The summed E-state index contributed by atoms with van der Waals surface area (Å²) in [5, 5.41) is 2.99. The lowest BCUT2D eigenvalue weighted by molar-refractivity contribution is -0.0514. The second-order valence-electron chi connectivity index (χ2n) is 5.29. The predicted octanol–water partition coefficient (Wildman–Crippen LogP) is 3.92. The highest BCUT2D eigenvalue weighted by atomic mass is 19.3. The Morgan fingerprint density at radius 3 is 2.52 bits per heavy atom. The second-order valence-corrected chi connectivity index (χ2v) is 5.29. The Balaban J connectivity index is 2.05. The van der Waals surface area contributed by atoms with Crippen molar-refractivity contribution in [1.29, 1.82) is 0 Å². The molecular weight excluding hydrogens is 328 g/mol. The molecule has 0 radical (unpaired) electrons. The van der Waals surface area contributed by atoms with Crippen molar-refractivity contribution in [2.45, 2.75) is 27.0 Å². The molecule has 7 heteroatoms. The van der Waals surface area contributed by atoms with Gasteiger partial charge in [0.15, 0.2) is 17.5 Å². The highest BCUT2D eigenvalue weighted by Gasteiger charge is 2.11. The third-order valence-electron chi connectivity index (χ3n) is 3.28. The Labute approximate surface area is 145 Å². The second kappa shape index (κ2) is 8.86. The summed E-state index contributed by atoms with van der Waals surface area (Å²) >= 11 is 0. The summed E-state index contributed by atoms with van der Waals surface area (Å²) in [6.07, 6.45) is 0. The number of hydrogen-bond acceptors (Lipinski definition) is 3. The Bertz CT molecular complexity index is 719. The van der Waals surface area contributed by atoms with Gasteiger partial charge in [0.2, 0.25) is 0 Å². The summed E-state index contributed by atoms with van der Waals surface area (Å²) in [5.41, 5.74) is 8.62. The number of rotatable bonds is 7. The lowest BCUT2D eigenvalue weighted by Crippen LogP contribution is -2.22. The van der Waals surface area contributed by atoms with Gasteiger partial charge < -0.3 is 20.5 Å². The van der Waals surface area contributed by atoms with Crippen molar-refractivity contribution in [1.82, 2.24) is 0 Å². The first-order valence-electron chi connectivity index (χ1n) is 7.82. The highest BCUT2D eigenvalue weighted by Crippen LogP contribution is 2.30. The van der Waals surface area contributed by atoms with Crippen molar-refractivity contribution in [3.63, 3.8) is 0 Å². The molecule has 0 aliphatic rings. The number of nitrogens with zero attached hydrogens (tertiary/aromatic N) is 1. The Hall–Kier alpha value is -2.83. The third-order valence-corrected chi connectivity index (χ3v) is 3.28. The van der Waals surface area contributed by atoms with Gasteiger partial charge in [0.1, 0.15) is 0 Å². The molecule has 0 spiro atoms. The number of aryl methyl sites for hydroxylation is 1. The van der Waals surface area contributed by atoms with Crippen LogP contribution in [0.5, 0.6) is 11.5 Å². The smallest absolute Gasteiger partial charge is 0.387 e. The number of nitrogens with two attached hydrogens (primary N) is 1. The number of anilines is 1. The van der Waals surface area contributed by atoms with Gasteiger partial charge in [0, 0.05) is 5.69 Å². The van der Waals surface area contributed by atoms with Crippen molar-refractivity contribution in [2.75, 3.05) is 11.9 Å². The van der Waals surface area contributed by atoms with Crippen LogP contribution in [-0.2, 0) is 6.54 Å². The quantitative estimate of drug-likeness (QED) is 0.587. The predicted molar refractivity (Wildman–Crippen MR) is 94.4 cm³/mol. The Morgan fingerprint density at radius 1 is 1.16 bits per heavy atom. The molecule has 2 rings (SSSR count). The van der Waals surface area contributed by atoms with Crippen LogP contribution in [0.3, 0.4) is 0 Å². The highest BCUT2D eigenvalue weighted by molar-refractivity contribution is 5.92. The summed E-state index contributed by atoms with van der Waals surface area (Å²) in [7, 11) is 0. The standard InChI is InChI=1S/C18H21F2N3O2/c1-3-24-16-10-13(6-9-15(16)25-17(19)20)11-22-18(21)23-14-7-4-12(2)5-8-14/h4-10,17H,3,11H2,1-2H3,(H3,21,22,23). The van der Waals surface area contributed by atoms with Gasteiger partial charge >= 0.3 is 6.61 Å². The SMILES string of the molecule is CCOc1cc(CN=C(N)Nc2ccc(C)cc2)ccc1OC(F)F. The van der Waals surface area contributed by atoms with Crippen LogP contribution < -0.4 is 20.5 Å². The fraction of sp³-hybridized carbons (Fsp3) is 0.278. The van der Waals surface area contributed by atoms with Crippen LogP contribution >= 0.6 is 0 Å². The largest absolute Gasteiger partial charge is 0.490 e. The first kappa shape index (κ1) is 18.5. The van der Waals surface area contributed by atoms with Crippen molar-refractivity contribution >= 4 is 11.6 Å². The fourth-order valence-corrected chi connectivity index (χ4v) is 2.11. The minimum atomic E-state index is -2.91. The third kappa shape index (κ3) is 5.95. The van der Waals surface area contributed by atoms with Crippen LogP contribution in [0.2, 0.25) is 0 Å². The van der Waals surface area contributed by atoms with E-state index in [0.29, 0.717) is 6.61 Å². The number of alkyl halides is 2. The molecule has 0 bridgehead atoms. The number of halogens is 2. The van der Waals surface area contributed by atoms with Gasteiger partial charge in [-0.25, -0.2) is 4.99 Å². The van der Waals surface area contributed by atoms with Gasteiger partial charge in [0.05, 0.1) is 13.2 Å². The molecule has 2 aromatic rings. The van der Waals surface area contributed by atoms with E-state index >= 15 is 0 Å². The van der Waals surface area contributed by atoms with Gasteiger partial charge in [0.25, 0.3) is 0 Å². The van der Waals surface area contributed by atoms with E-state index in [2.05, 4.69) is 15.0 Å². The topological polar surface area (TPSA) is 68.9 Å². The molecule has 25 heavy (non-hydrogen) atoms.